The maximum Gasteiger partial charge on any atom is 0.240 e. The summed E-state index contributed by atoms with van der Waals surface area (Å²) in [5.74, 6) is 0.375. The van der Waals surface area contributed by atoms with Crippen LogP contribution in [0, 0.1) is 0 Å². The Balaban J connectivity index is 2.38. The number of fused-ring (bicyclic) bond motifs is 1. The van der Waals surface area contributed by atoms with Crippen molar-refractivity contribution in [1.82, 2.24) is 4.72 Å². The van der Waals surface area contributed by atoms with E-state index in [1.807, 2.05) is 20.8 Å². The van der Waals surface area contributed by atoms with E-state index in [-0.39, 0.29) is 10.8 Å². The molecule has 1 aliphatic rings. The van der Waals surface area contributed by atoms with Crippen molar-refractivity contribution in [3.63, 3.8) is 0 Å². The first-order valence-corrected chi connectivity index (χ1v) is 9.25. The van der Waals surface area contributed by atoms with Crippen LogP contribution in [-0.4, -0.2) is 33.0 Å². The molecule has 23 heavy (non-hydrogen) atoms. The number of nitrogens with zero attached hydrogens (tertiary/aromatic N) is 1. The summed E-state index contributed by atoms with van der Waals surface area (Å²) in [5.41, 5.74) is -0.0199. The van der Waals surface area contributed by atoms with Gasteiger partial charge in [0.05, 0.1) is 17.1 Å². The molecule has 0 aliphatic carbocycles. The maximum atomic E-state index is 12.3. The number of rotatable bonds is 5. The minimum atomic E-state index is -3.59. The molecule has 0 saturated carbocycles. The highest BCUT2D eigenvalue weighted by Gasteiger charge is 2.34. The van der Waals surface area contributed by atoms with Gasteiger partial charge < -0.3 is 9.64 Å². The Morgan fingerprint density at radius 2 is 2.09 bits per heavy atom. The summed E-state index contributed by atoms with van der Waals surface area (Å²) in [6.45, 7) is 8.02. The Morgan fingerprint density at radius 1 is 1.39 bits per heavy atom. The molecule has 128 valence electrons. The van der Waals surface area contributed by atoms with Crippen molar-refractivity contribution < 1.29 is 17.9 Å². The van der Waals surface area contributed by atoms with Gasteiger partial charge in [0, 0.05) is 13.5 Å². The molecule has 1 aliphatic heterocycles. The first-order valence-electron chi connectivity index (χ1n) is 7.77. The number of carbonyl (C=O) groups is 1. The average Bonchev–Trinajstić information content (AvgIpc) is 2.45. The van der Waals surface area contributed by atoms with E-state index in [1.165, 1.54) is 19.1 Å². The number of amides is 1. The predicted molar refractivity (Wildman–Crippen MR) is 89.3 cm³/mol. The first kappa shape index (κ1) is 17.7. The lowest BCUT2D eigenvalue weighted by atomic mass is 10.1. The van der Waals surface area contributed by atoms with Gasteiger partial charge in [-0.2, -0.15) is 0 Å². The third-order valence-corrected chi connectivity index (χ3v) is 5.12. The molecule has 2 rings (SSSR count). The van der Waals surface area contributed by atoms with Gasteiger partial charge in [-0.3, -0.25) is 4.79 Å². The Hall–Kier alpha value is -1.60. The number of ether oxygens (including phenoxy) is 1. The van der Waals surface area contributed by atoms with Crippen molar-refractivity contribution >= 4 is 21.6 Å². The van der Waals surface area contributed by atoms with Crippen LogP contribution in [0.15, 0.2) is 23.1 Å². The molecule has 1 amide bonds. The summed E-state index contributed by atoms with van der Waals surface area (Å²) < 4.78 is 33.1. The Morgan fingerprint density at radius 3 is 2.70 bits per heavy atom. The largest absolute Gasteiger partial charge is 0.484 e. The van der Waals surface area contributed by atoms with Crippen LogP contribution in [0.25, 0.3) is 0 Å². The summed E-state index contributed by atoms with van der Waals surface area (Å²) >= 11 is 0. The van der Waals surface area contributed by atoms with Crippen molar-refractivity contribution in [3.8, 4) is 5.75 Å². The fourth-order valence-electron chi connectivity index (χ4n) is 2.51. The van der Waals surface area contributed by atoms with Gasteiger partial charge in [-0.05, 0) is 38.5 Å². The van der Waals surface area contributed by atoms with Crippen LogP contribution in [0.2, 0.25) is 0 Å². The monoisotopic (exact) mass is 340 g/mol. The first-order chi connectivity index (χ1) is 10.7. The molecule has 0 saturated heterocycles. The third-order valence-electron chi connectivity index (χ3n) is 3.66. The zero-order valence-electron chi connectivity index (χ0n) is 14.0. The number of unbranched alkanes of at least 4 members (excludes halogenated alkanes) is 1. The van der Waals surface area contributed by atoms with Crippen LogP contribution in [0.1, 0.15) is 40.5 Å². The lowest BCUT2D eigenvalue weighted by molar-refractivity contribution is -0.117. The number of sulfonamides is 1. The zero-order chi connectivity index (χ0) is 17.3. The zero-order valence-corrected chi connectivity index (χ0v) is 14.9. The number of nitrogens with one attached hydrogen (secondary N) is 1. The normalized spacial score (nSPS) is 16.6. The third kappa shape index (κ3) is 4.03. The fraction of sp³-hybridized carbons (Fsp3) is 0.562. The molecule has 1 aromatic rings. The van der Waals surface area contributed by atoms with E-state index in [0.29, 0.717) is 24.5 Å². The van der Waals surface area contributed by atoms with Gasteiger partial charge in [0.25, 0.3) is 0 Å². The van der Waals surface area contributed by atoms with Crippen molar-refractivity contribution in [2.24, 2.45) is 0 Å². The highest BCUT2D eigenvalue weighted by atomic mass is 32.2. The van der Waals surface area contributed by atoms with E-state index >= 15 is 0 Å². The predicted octanol–water partition coefficient (Wildman–Crippen LogP) is 2.29. The Bertz CT molecular complexity index is 698. The number of hydrogen-bond acceptors (Lipinski definition) is 4. The minimum absolute atomic E-state index is 0.141. The second kappa shape index (κ2) is 6.49. The molecule has 7 heteroatoms. The SMILES string of the molecule is CCCCNS(=O)(=O)c1ccc2c(c1)N(C(C)=O)CC(C)(C)O2. The van der Waals surface area contributed by atoms with Gasteiger partial charge in [0.15, 0.2) is 0 Å². The lowest BCUT2D eigenvalue weighted by Crippen LogP contribution is -2.48. The van der Waals surface area contributed by atoms with E-state index in [1.54, 1.807) is 11.0 Å². The molecule has 0 atom stereocenters. The highest BCUT2D eigenvalue weighted by Crippen LogP contribution is 2.38. The van der Waals surface area contributed by atoms with E-state index in [4.69, 9.17) is 4.74 Å². The van der Waals surface area contributed by atoms with E-state index in [9.17, 15) is 13.2 Å². The van der Waals surface area contributed by atoms with Crippen LogP contribution >= 0.6 is 0 Å². The molecule has 6 nitrogen and oxygen atoms in total. The van der Waals surface area contributed by atoms with Gasteiger partial charge in [-0.15, -0.1) is 0 Å². The average molecular weight is 340 g/mol. The quantitative estimate of drug-likeness (QED) is 0.835. The smallest absolute Gasteiger partial charge is 0.240 e. The molecule has 0 unspecified atom stereocenters. The van der Waals surface area contributed by atoms with E-state index in [2.05, 4.69) is 4.72 Å². The summed E-state index contributed by atoms with van der Waals surface area (Å²) in [5, 5.41) is 0. The van der Waals surface area contributed by atoms with Crippen molar-refractivity contribution in [3.05, 3.63) is 18.2 Å². The Kier molecular flexibility index (Phi) is 5.01. The second-order valence-corrected chi connectivity index (χ2v) is 8.11. The summed E-state index contributed by atoms with van der Waals surface area (Å²) in [4.78, 5) is 13.6. The number of benzene rings is 1. The molecule has 1 heterocycles. The maximum absolute atomic E-state index is 12.3. The topological polar surface area (TPSA) is 75.7 Å². The van der Waals surface area contributed by atoms with Crippen LogP contribution in [0.5, 0.6) is 5.75 Å². The van der Waals surface area contributed by atoms with Gasteiger partial charge in [0.1, 0.15) is 11.4 Å². The highest BCUT2D eigenvalue weighted by molar-refractivity contribution is 7.89. The molecule has 0 fully saturated rings. The van der Waals surface area contributed by atoms with Crippen molar-refractivity contribution in [1.29, 1.82) is 0 Å². The molecule has 1 aromatic carbocycles. The van der Waals surface area contributed by atoms with Gasteiger partial charge >= 0.3 is 0 Å². The molecule has 0 spiro atoms. The molecular formula is C16H24N2O4S. The van der Waals surface area contributed by atoms with Gasteiger partial charge in [0.2, 0.25) is 15.9 Å². The van der Waals surface area contributed by atoms with Crippen LogP contribution < -0.4 is 14.4 Å². The van der Waals surface area contributed by atoms with Crippen LogP contribution in [-0.2, 0) is 14.8 Å². The van der Waals surface area contributed by atoms with E-state index in [0.717, 1.165) is 12.8 Å². The lowest BCUT2D eigenvalue weighted by Gasteiger charge is -2.39. The standard InChI is InChI=1S/C16H24N2O4S/c1-5-6-9-17-23(20,21)13-7-8-15-14(10-13)18(12(2)19)11-16(3,4)22-15/h7-8,10,17H,5-6,9,11H2,1-4H3. The van der Waals surface area contributed by atoms with E-state index < -0.39 is 15.6 Å². The van der Waals surface area contributed by atoms with Gasteiger partial charge in [-0.1, -0.05) is 13.3 Å². The Labute approximate surface area is 137 Å². The summed E-state index contributed by atoms with van der Waals surface area (Å²) in [6.07, 6.45) is 1.69. The summed E-state index contributed by atoms with van der Waals surface area (Å²) in [6, 6.07) is 4.62. The molecule has 1 N–H and O–H groups in total. The van der Waals surface area contributed by atoms with Gasteiger partial charge in [-0.25, -0.2) is 13.1 Å². The number of hydrogen-bond donors (Lipinski definition) is 1. The number of carbonyl (C=O) groups excluding carboxylic acids is 1. The summed E-state index contributed by atoms with van der Waals surface area (Å²) in [7, 11) is -3.59. The van der Waals surface area contributed by atoms with Crippen molar-refractivity contribution in [2.75, 3.05) is 18.0 Å². The molecule has 0 aromatic heterocycles. The molecule has 0 bridgehead atoms. The molecule has 0 radical (unpaired) electrons. The van der Waals surface area contributed by atoms with Crippen LogP contribution in [0.3, 0.4) is 0 Å². The van der Waals surface area contributed by atoms with Crippen molar-refractivity contribution in [2.45, 2.75) is 51.0 Å². The van der Waals surface area contributed by atoms with Crippen LogP contribution in [0.4, 0.5) is 5.69 Å². The minimum Gasteiger partial charge on any atom is -0.484 e. The fourth-order valence-corrected chi connectivity index (χ4v) is 3.60. The second-order valence-electron chi connectivity index (χ2n) is 6.35. The number of anilines is 1. The molecular weight excluding hydrogens is 316 g/mol.